The van der Waals surface area contributed by atoms with Gasteiger partial charge in [0.05, 0.1) is 6.61 Å². The minimum atomic E-state index is -0.763. The number of ether oxygens (including phenoxy) is 1. The number of halogens is 1. The molecule has 0 aromatic heterocycles. The van der Waals surface area contributed by atoms with Gasteiger partial charge in [-0.25, -0.2) is 4.39 Å². The van der Waals surface area contributed by atoms with E-state index in [1.54, 1.807) is 25.1 Å². The highest BCUT2D eigenvalue weighted by Gasteiger charge is 2.26. The summed E-state index contributed by atoms with van der Waals surface area (Å²) in [6.45, 7) is 2.01. The van der Waals surface area contributed by atoms with Gasteiger partial charge in [-0.2, -0.15) is 0 Å². The molecule has 0 bridgehead atoms. The molecule has 0 aliphatic carbocycles. The van der Waals surface area contributed by atoms with Gasteiger partial charge in [0.15, 0.2) is 0 Å². The average molecular weight is 308 g/mol. The van der Waals surface area contributed by atoms with E-state index in [4.69, 9.17) is 4.74 Å². The molecular weight excluding hydrogens is 291 g/mol. The predicted molar refractivity (Wildman–Crippen MR) is 88.8 cm³/mol. The third kappa shape index (κ3) is 3.09. The third-order valence-electron chi connectivity index (χ3n) is 3.85. The van der Waals surface area contributed by atoms with Gasteiger partial charge in [-0.3, -0.25) is 4.79 Å². The first kappa shape index (κ1) is 15.2. The highest BCUT2D eigenvalue weighted by atomic mass is 19.1. The van der Waals surface area contributed by atoms with Gasteiger partial charge in [-0.05, 0) is 35.4 Å². The summed E-state index contributed by atoms with van der Waals surface area (Å²) in [6.07, 6.45) is 0. The summed E-state index contributed by atoms with van der Waals surface area (Å²) in [5, 5.41) is 2.09. The fourth-order valence-corrected chi connectivity index (χ4v) is 2.76. The van der Waals surface area contributed by atoms with Crippen molar-refractivity contribution >= 4 is 16.7 Å². The van der Waals surface area contributed by atoms with Crippen molar-refractivity contribution in [3.63, 3.8) is 0 Å². The fourth-order valence-electron chi connectivity index (χ4n) is 2.76. The van der Waals surface area contributed by atoms with Crippen LogP contribution in [0.5, 0.6) is 0 Å². The second-order valence-corrected chi connectivity index (χ2v) is 5.31. The molecule has 23 heavy (non-hydrogen) atoms. The Hall–Kier alpha value is -2.68. The summed E-state index contributed by atoms with van der Waals surface area (Å²) in [6, 6.07) is 19.9. The molecule has 0 amide bonds. The monoisotopic (exact) mass is 308 g/mol. The molecule has 0 saturated heterocycles. The maximum absolute atomic E-state index is 14.2. The number of benzene rings is 3. The molecule has 3 aromatic carbocycles. The van der Waals surface area contributed by atoms with Crippen LogP contribution in [0.3, 0.4) is 0 Å². The Morgan fingerprint density at radius 3 is 2.43 bits per heavy atom. The number of carbonyl (C=O) groups excluding carboxylic acids is 1. The van der Waals surface area contributed by atoms with Crippen LogP contribution in [0.25, 0.3) is 10.8 Å². The molecule has 3 rings (SSSR count). The molecule has 0 heterocycles. The van der Waals surface area contributed by atoms with Crippen molar-refractivity contribution in [2.45, 2.75) is 12.8 Å². The van der Waals surface area contributed by atoms with E-state index in [0.29, 0.717) is 5.56 Å². The summed E-state index contributed by atoms with van der Waals surface area (Å²) in [5.74, 6) is -1.60. The van der Waals surface area contributed by atoms with E-state index in [1.165, 1.54) is 6.07 Å². The van der Waals surface area contributed by atoms with Crippen LogP contribution in [0.15, 0.2) is 66.7 Å². The van der Waals surface area contributed by atoms with Crippen molar-refractivity contribution in [2.75, 3.05) is 6.61 Å². The minimum absolute atomic E-state index is 0.261. The smallest absolute Gasteiger partial charge is 0.318 e. The van der Waals surface area contributed by atoms with E-state index < -0.39 is 17.7 Å². The summed E-state index contributed by atoms with van der Waals surface area (Å²) in [4.78, 5) is 12.4. The van der Waals surface area contributed by atoms with Crippen molar-refractivity contribution in [2.24, 2.45) is 0 Å². The van der Waals surface area contributed by atoms with E-state index in [2.05, 4.69) is 0 Å². The van der Waals surface area contributed by atoms with Crippen LogP contribution in [-0.4, -0.2) is 12.6 Å². The number of hydrogen-bond donors (Lipinski definition) is 0. The van der Waals surface area contributed by atoms with Crippen molar-refractivity contribution in [1.29, 1.82) is 0 Å². The Balaban J connectivity index is 2.13. The molecule has 0 aliphatic heterocycles. The lowest BCUT2D eigenvalue weighted by molar-refractivity contribution is -0.143. The van der Waals surface area contributed by atoms with Gasteiger partial charge in [-0.15, -0.1) is 0 Å². The van der Waals surface area contributed by atoms with Crippen molar-refractivity contribution in [1.82, 2.24) is 0 Å². The number of carbonyl (C=O) groups is 1. The summed E-state index contributed by atoms with van der Waals surface area (Å²) < 4.78 is 19.4. The van der Waals surface area contributed by atoms with Crippen molar-refractivity contribution in [3.8, 4) is 0 Å². The standard InChI is InChI=1S/C20H17FO2/c1-2-23-20(22)19(17-9-5-6-10-18(17)21)16-12-11-14-7-3-4-8-15(14)13-16/h3-13,19H,2H2,1H3. The van der Waals surface area contributed by atoms with E-state index >= 15 is 0 Å². The van der Waals surface area contributed by atoms with Crippen molar-refractivity contribution in [3.05, 3.63) is 83.7 Å². The van der Waals surface area contributed by atoms with Crippen LogP contribution in [0, 0.1) is 5.82 Å². The topological polar surface area (TPSA) is 26.3 Å². The Kier molecular flexibility index (Phi) is 4.38. The second-order valence-electron chi connectivity index (χ2n) is 5.31. The minimum Gasteiger partial charge on any atom is -0.465 e. The Labute approximate surface area is 134 Å². The van der Waals surface area contributed by atoms with E-state index in [1.807, 2.05) is 42.5 Å². The molecule has 1 atom stereocenters. The lowest BCUT2D eigenvalue weighted by Gasteiger charge is -2.17. The molecule has 116 valence electrons. The zero-order chi connectivity index (χ0) is 16.2. The number of rotatable bonds is 4. The highest BCUT2D eigenvalue weighted by Crippen LogP contribution is 2.30. The maximum atomic E-state index is 14.2. The molecule has 0 saturated carbocycles. The molecule has 3 aromatic rings. The summed E-state index contributed by atoms with van der Waals surface area (Å²) >= 11 is 0. The molecule has 0 N–H and O–H groups in total. The third-order valence-corrected chi connectivity index (χ3v) is 3.85. The second kappa shape index (κ2) is 6.61. The molecule has 2 nitrogen and oxygen atoms in total. The first-order valence-electron chi connectivity index (χ1n) is 7.60. The van der Waals surface area contributed by atoms with Crippen LogP contribution in [0.4, 0.5) is 4.39 Å². The van der Waals surface area contributed by atoms with Gasteiger partial charge < -0.3 is 4.74 Å². The van der Waals surface area contributed by atoms with Gasteiger partial charge in [0.1, 0.15) is 11.7 Å². The van der Waals surface area contributed by atoms with Gasteiger partial charge in [0.2, 0.25) is 0 Å². The zero-order valence-electron chi connectivity index (χ0n) is 12.8. The summed E-state index contributed by atoms with van der Waals surface area (Å²) in [7, 11) is 0. The average Bonchev–Trinajstić information content (AvgIpc) is 2.57. The van der Waals surface area contributed by atoms with Gasteiger partial charge in [0.25, 0.3) is 0 Å². The van der Waals surface area contributed by atoms with Gasteiger partial charge in [-0.1, -0.05) is 54.6 Å². The van der Waals surface area contributed by atoms with Crippen molar-refractivity contribution < 1.29 is 13.9 Å². The van der Waals surface area contributed by atoms with Crippen LogP contribution in [0.2, 0.25) is 0 Å². The Morgan fingerprint density at radius 2 is 1.70 bits per heavy atom. The quantitative estimate of drug-likeness (QED) is 0.654. The molecule has 0 spiro atoms. The molecular formula is C20H17FO2. The fraction of sp³-hybridized carbons (Fsp3) is 0.150. The van der Waals surface area contributed by atoms with Crippen LogP contribution in [0.1, 0.15) is 24.0 Å². The lowest BCUT2D eigenvalue weighted by atomic mass is 9.89. The largest absolute Gasteiger partial charge is 0.465 e. The van der Waals surface area contributed by atoms with Crippen LogP contribution < -0.4 is 0 Å². The number of fused-ring (bicyclic) bond motifs is 1. The van der Waals surface area contributed by atoms with E-state index in [-0.39, 0.29) is 6.61 Å². The first-order chi connectivity index (χ1) is 11.2. The van der Waals surface area contributed by atoms with E-state index in [0.717, 1.165) is 16.3 Å². The molecule has 0 fully saturated rings. The highest BCUT2D eigenvalue weighted by molar-refractivity contribution is 5.87. The first-order valence-corrected chi connectivity index (χ1v) is 7.60. The summed E-state index contributed by atoms with van der Waals surface area (Å²) in [5.41, 5.74) is 1.06. The van der Waals surface area contributed by atoms with Gasteiger partial charge in [0, 0.05) is 5.56 Å². The number of esters is 1. The van der Waals surface area contributed by atoms with Crippen LogP contribution in [-0.2, 0) is 9.53 Å². The Bertz CT molecular complexity index is 842. The number of hydrogen-bond acceptors (Lipinski definition) is 2. The van der Waals surface area contributed by atoms with Crippen LogP contribution >= 0.6 is 0 Å². The SMILES string of the molecule is CCOC(=O)C(c1ccc2ccccc2c1)c1ccccc1F. The predicted octanol–water partition coefficient (Wildman–Crippen LogP) is 4.67. The Morgan fingerprint density at radius 1 is 1.00 bits per heavy atom. The molecule has 0 aliphatic rings. The lowest BCUT2D eigenvalue weighted by Crippen LogP contribution is -2.18. The van der Waals surface area contributed by atoms with E-state index in [9.17, 15) is 9.18 Å². The molecule has 3 heteroatoms. The molecule has 0 radical (unpaired) electrons. The van der Waals surface area contributed by atoms with Gasteiger partial charge >= 0.3 is 5.97 Å². The maximum Gasteiger partial charge on any atom is 0.318 e. The normalized spacial score (nSPS) is 12.1. The molecule has 1 unspecified atom stereocenters. The zero-order valence-corrected chi connectivity index (χ0v) is 12.8.